The van der Waals surface area contributed by atoms with Gasteiger partial charge in [0.2, 0.25) is 0 Å². The molecule has 2 N–H and O–H groups in total. The molecule has 0 aliphatic heterocycles. The Morgan fingerprint density at radius 1 is 1.12 bits per heavy atom. The summed E-state index contributed by atoms with van der Waals surface area (Å²) in [4.78, 5) is 16.1. The van der Waals surface area contributed by atoms with Crippen molar-refractivity contribution >= 4 is 22.6 Å². The van der Waals surface area contributed by atoms with Crippen molar-refractivity contribution in [2.24, 2.45) is 0 Å². The van der Waals surface area contributed by atoms with E-state index in [1.165, 1.54) is 5.56 Å². The number of aryl methyl sites for hydroxylation is 1. The van der Waals surface area contributed by atoms with Crippen molar-refractivity contribution in [3.8, 4) is 5.75 Å². The van der Waals surface area contributed by atoms with Crippen LogP contribution >= 0.6 is 0 Å². The summed E-state index contributed by atoms with van der Waals surface area (Å²) in [5.74, 6) is -0.0511. The third-order valence-electron chi connectivity index (χ3n) is 5.43. The smallest absolute Gasteiger partial charge is 0.554 e. The van der Waals surface area contributed by atoms with Gasteiger partial charge in [0.25, 0.3) is 0 Å². The van der Waals surface area contributed by atoms with E-state index < -0.39 is 5.97 Å². The van der Waals surface area contributed by atoms with Crippen LogP contribution in [0.15, 0.2) is 72.9 Å². The summed E-state index contributed by atoms with van der Waals surface area (Å²) in [5, 5.41) is 9.99. The number of ether oxygens (including phenoxy) is 1. The fourth-order valence-corrected chi connectivity index (χ4v) is 3.56. The number of carbonyl (C=O) groups is 1. The van der Waals surface area contributed by atoms with Crippen LogP contribution in [0.25, 0.3) is 10.9 Å². The zero-order chi connectivity index (χ0) is 23.8. The number of carboxylic acids is 1. The molecule has 0 aliphatic carbocycles. The monoisotopic (exact) mass is 448 g/mol. The molecule has 34 heavy (non-hydrogen) atoms. The van der Waals surface area contributed by atoms with Crippen LogP contribution in [0.4, 0.5) is 5.69 Å². The van der Waals surface area contributed by atoms with E-state index in [0.717, 1.165) is 40.0 Å². The molecule has 0 atom stereocenters. The summed E-state index contributed by atoms with van der Waals surface area (Å²) in [5.41, 5.74) is 5.71. The van der Waals surface area contributed by atoms with E-state index in [2.05, 4.69) is 37.1 Å². The minimum absolute atomic E-state index is 0. The summed E-state index contributed by atoms with van der Waals surface area (Å²) in [6.45, 7) is 11.4. The third-order valence-corrected chi connectivity index (χ3v) is 5.43. The molecule has 0 bridgehead atoms. The average Bonchev–Trinajstić information content (AvgIpc) is 3.34. The molecule has 3 aromatic carbocycles. The number of aromatic amines is 1. The number of para-hydroxylation sites is 1. The van der Waals surface area contributed by atoms with Crippen LogP contribution in [0, 0.1) is 27.2 Å². The zero-order valence-corrected chi connectivity index (χ0v) is 20.0. The summed E-state index contributed by atoms with van der Waals surface area (Å²) < 4.78 is 5.23. The number of benzene rings is 3. The van der Waals surface area contributed by atoms with E-state index in [1.807, 2.05) is 60.8 Å². The topological polar surface area (TPSA) is 65.6 Å². The second kappa shape index (κ2) is 12.7. The number of hydrogen-bond acceptors (Lipinski definition) is 3. The zero-order valence-electron chi connectivity index (χ0n) is 20.0. The molecule has 0 fully saturated rings. The van der Waals surface area contributed by atoms with Gasteiger partial charge in [-0.25, -0.2) is 4.79 Å². The van der Waals surface area contributed by atoms with Crippen molar-refractivity contribution in [1.82, 2.24) is 4.98 Å². The van der Waals surface area contributed by atoms with Gasteiger partial charge in [-0.2, -0.15) is 31.0 Å². The van der Waals surface area contributed by atoms with Crippen molar-refractivity contribution in [2.75, 3.05) is 25.1 Å². The minimum atomic E-state index is -0.903. The number of nitrogens with one attached hydrogen (secondary N) is 1. The van der Waals surface area contributed by atoms with Crippen LogP contribution < -0.4 is 28.5 Å². The number of fused-ring (bicyclic) bond motifs is 1. The number of H-pyrrole nitrogens is 1. The van der Waals surface area contributed by atoms with Crippen LogP contribution in [0.3, 0.4) is 0 Å². The number of rotatable bonds is 7. The standard InChI is InChI=1S/C17H17NO2.C11H12NO.Li/c1-2-18(16-6-4-3-5-7-16)13-12-14-8-10-15(11-9-14)17(19)20;1-7-6-10(13-3)8(2)9-4-5-12-11(7)9;/h3-12H,1-2,13H2,(H,19,20);4-6,12H,2H2,1,3H3;/q-2;-1;+1. The molecule has 0 aliphatic rings. The fraction of sp³-hybridized carbons (Fsp3) is 0.143. The van der Waals surface area contributed by atoms with Crippen molar-refractivity contribution in [1.29, 1.82) is 0 Å². The summed E-state index contributed by atoms with van der Waals surface area (Å²) in [6.07, 6.45) is 3.98. The number of hydrogen-bond donors (Lipinski definition) is 2. The maximum Gasteiger partial charge on any atom is 1.00 e. The minimum Gasteiger partial charge on any atom is -0.554 e. The first kappa shape index (κ1) is 26.9. The van der Waals surface area contributed by atoms with Crippen molar-refractivity contribution in [3.05, 3.63) is 115 Å². The second-order valence-electron chi connectivity index (χ2n) is 7.55. The molecule has 0 spiro atoms. The van der Waals surface area contributed by atoms with Gasteiger partial charge in [-0.15, -0.1) is 24.2 Å². The normalized spacial score (nSPS) is 9.97. The molecule has 6 heteroatoms. The maximum atomic E-state index is 10.8. The fourth-order valence-electron chi connectivity index (χ4n) is 3.56. The van der Waals surface area contributed by atoms with Crippen molar-refractivity contribution in [2.45, 2.75) is 6.92 Å². The number of carboxylic acid groups (broad SMARTS) is 1. The molecule has 0 unspecified atom stereocenters. The van der Waals surface area contributed by atoms with Crippen molar-refractivity contribution in [3.63, 3.8) is 0 Å². The predicted octanol–water partition coefficient (Wildman–Crippen LogP) is 2.95. The number of nitrogens with zero attached hydrogens (tertiary/aromatic N) is 1. The van der Waals surface area contributed by atoms with Gasteiger partial charge >= 0.3 is 24.8 Å². The summed E-state index contributed by atoms with van der Waals surface area (Å²) in [7, 11) is 1.67. The van der Waals surface area contributed by atoms with Crippen LogP contribution in [-0.4, -0.2) is 36.3 Å². The van der Waals surface area contributed by atoms with Crippen molar-refractivity contribution < 1.29 is 33.5 Å². The molecule has 1 heterocycles. The van der Waals surface area contributed by atoms with E-state index in [4.69, 9.17) is 9.84 Å². The van der Waals surface area contributed by atoms with E-state index in [9.17, 15) is 4.79 Å². The summed E-state index contributed by atoms with van der Waals surface area (Å²) in [6, 6.07) is 21.0. The second-order valence-corrected chi connectivity index (χ2v) is 7.55. The molecule has 1 aromatic heterocycles. The Kier molecular flexibility index (Phi) is 10.1. The number of aromatic carboxylic acids is 1. The van der Waals surface area contributed by atoms with E-state index in [0.29, 0.717) is 12.1 Å². The van der Waals surface area contributed by atoms with Crippen LogP contribution in [0.1, 0.15) is 27.0 Å². The third kappa shape index (κ3) is 6.57. The Bertz CT molecular complexity index is 1190. The molecule has 0 saturated heterocycles. The average molecular weight is 448 g/mol. The molecule has 4 rings (SSSR count). The first-order chi connectivity index (χ1) is 15.9. The van der Waals surface area contributed by atoms with Gasteiger partial charge in [-0.3, -0.25) is 0 Å². The molecule has 0 amide bonds. The molecule has 5 nitrogen and oxygen atoms in total. The Hall–Kier alpha value is -3.39. The van der Waals surface area contributed by atoms with Gasteiger partial charge in [0, 0.05) is 17.0 Å². The van der Waals surface area contributed by atoms with Gasteiger partial charge in [0.1, 0.15) is 0 Å². The van der Waals surface area contributed by atoms with Gasteiger partial charge in [0.15, 0.2) is 0 Å². The number of aromatic nitrogens is 1. The van der Waals surface area contributed by atoms with E-state index >= 15 is 0 Å². The van der Waals surface area contributed by atoms with E-state index in [1.54, 1.807) is 19.2 Å². The number of anilines is 1. The molecular weight excluding hydrogens is 419 g/mol. The maximum absolute atomic E-state index is 10.8. The Morgan fingerprint density at radius 3 is 2.38 bits per heavy atom. The Balaban J connectivity index is 0.000000253. The Labute approximate surface area is 213 Å². The SMILES string of the molecule is [CH2-]CN(C[CH-]c1ccc(C(=O)O)cc1)c1ccccc1.[CH2-]c1c(OC)cc(C)c2[nH]ccc12.[Li+]. The number of methoxy groups -OCH3 is 1. The molecular formula is C28H29LiN2O3-2. The van der Waals surface area contributed by atoms with Gasteiger partial charge in [0.05, 0.1) is 7.11 Å². The van der Waals surface area contributed by atoms with Crippen LogP contribution in [0.2, 0.25) is 0 Å². The van der Waals surface area contributed by atoms with Crippen LogP contribution in [0.5, 0.6) is 5.75 Å². The van der Waals surface area contributed by atoms with Gasteiger partial charge in [-0.1, -0.05) is 35.7 Å². The van der Waals surface area contributed by atoms with Gasteiger partial charge in [-0.05, 0) is 42.9 Å². The molecule has 4 aromatic rings. The molecule has 0 radical (unpaired) electrons. The quantitative estimate of drug-likeness (QED) is 0.337. The van der Waals surface area contributed by atoms with Gasteiger partial charge < -0.3 is 26.7 Å². The first-order valence-corrected chi connectivity index (χ1v) is 10.7. The first-order valence-electron chi connectivity index (χ1n) is 10.7. The molecule has 0 saturated carbocycles. The largest absolute Gasteiger partial charge is 1.00 e. The van der Waals surface area contributed by atoms with Crippen LogP contribution in [-0.2, 0) is 0 Å². The van der Waals surface area contributed by atoms with E-state index in [-0.39, 0.29) is 18.9 Å². The Morgan fingerprint density at radius 2 is 1.79 bits per heavy atom. The molecule has 172 valence electrons. The predicted molar refractivity (Wildman–Crippen MR) is 135 cm³/mol. The summed E-state index contributed by atoms with van der Waals surface area (Å²) >= 11 is 0.